The fourth-order valence-corrected chi connectivity index (χ4v) is 2.45. The molecule has 1 N–H and O–H groups in total. The van der Waals surface area contributed by atoms with Gasteiger partial charge in [-0.2, -0.15) is 0 Å². The highest BCUT2D eigenvalue weighted by molar-refractivity contribution is 5.74. The maximum Gasteiger partial charge on any atom is 0.311 e. The minimum atomic E-state index is -0.406. The number of hydrogen-bond donors (Lipinski definition) is 1. The van der Waals surface area contributed by atoms with Gasteiger partial charge in [0.25, 0.3) is 0 Å². The van der Waals surface area contributed by atoms with Crippen LogP contribution in [0.1, 0.15) is 27.2 Å². The van der Waals surface area contributed by atoms with Crippen LogP contribution in [0.2, 0.25) is 0 Å². The molecule has 0 saturated heterocycles. The minimum Gasteiger partial charge on any atom is -0.438 e. The molecule has 2 bridgehead atoms. The van der Waals surface area contributed by atoms with Crippen LogP contribution in [-0.4, -0.2) is 29.6 Å². The van der Waals surface area contributed by atoms with Crippen molar-refractivity contribution in [1.82, 2.24) is 0 Å². The van der Waals surface area contributed by atoms with Crippen molar-refractivity contribution >= 4 is 5.97 Å². The maximum atomic E-state index is 11.8. The van der Waals surface area contributed by atoms with Crippen LogP contribution in [0.3, 0.4) is 0 Å². The van der Waals surface area contributed by atoms with Gasteiger partial charge in [0.2, 0.25) is 0 Å². The lowest BCUT2D eigenvalue weighted by atomic mass is 9.94. The normalized spacial score (nSPS) is 35.3. The van der Waals surface area contributed by atoms with Crippen LogP contribution < -0.4 is 0 Å². The van der Waals surface area contributed by atoms with Gasteiger partial charge in [0, 0.05) is 11.8 Å². The summed E-state index contributed by atoms with van der Waals surface area (Å²) in [5.41, 5.74) is -0.311. The zero-order valence-corrected chi connectivity index (χ0v) is 10.6. The summed E-state index contributed by atoms with van der Waals surface area (Å²) in [6.07, 6.45) is 4.20. The number of fused-ring (bicyclic) bond motifs is 2. The number of carbonyl (C=O) groups is 1. The first-order chi connectivity index (χ1) is 7.88. The lowest BCUT2D eigenvalue weighted by molar-refractivity contribution is -0.172. The molecule has 1 saturated carbocycles. The molecule has 2 aliphatic carbocycles. The van der Waals surface area contributed by atoms with Crippen LogP contribution in [0.4, 0.5) is 0 Å². The summed E-state index contributed by atoms with van der Waals surface area (Å²) in [6.45, 7) is 5.70. The Morgan fingerprint density at radius 1 is 1.41 bits per heavy atom. The number of aliphatic hydroxyl groups excluding tert-OH is 1. The van der Waals surface area contributed by atoms with Gasteiger partial charge in [0.15, 0.2) is 6.79 Å². The van der Waals surface area contributed by atoms with E-state index in [1.54, 1.807) is 0 Å². The second-order valence-electron chi connectivity index (χ2n) is 5.80. The molecule has 17 heavy (non-hydrogen) atoms. The summed E-state index contributed by atoms with van der Waals surface area (Å²) in [5.74, 6) is -0.406. The SMILES string of the molecule is CC(C)(C)OCOC(=O)C1CC2C=CC1C2O. The predicted octanol–water partition coefficient (Wildman–Crippen LogP) is 1.49. The zero-order valence-electron chi connectivity index (χ0n) is 10.6. The number of ether oxygens (including phenoxy) is 2. The Bertz CT molecular complexity index is 329. The minimum absolute atomic E-state index is 0.0178. The summed E-state index contributed by atoms with van der Waals surface area (Å²) < 4.78 is 10.4. The number of hydrogen-bond acceptors (Lipinski definition) is 4. The van der Waals surface area contributed by atoms with Crippen molar-refractivity contribution in [3.05, 3.63) is 12.2 Å². The van der Waals surface area contributed by atoms with E-state index in [4.69, 9.17) is 9.47 Å². The summed E-state index contributed by atoms with van der Waals surface area (Å²) in [6, 6.07) is 0. The summed E-state index contributed by atoms with van der Waals surface area (Å²) in [4.78, 5) is 11.8. The first-order valence-electron chi connectivity index (χ1n) is 6.05. The molecule has 0 aromatic rings. The third-order valence-corrected chi connectivity index (χ3v) is 3.40. The highest BCUT2D eigenvalue weighted by atomic mass is 16.7. The molecular weight excluding hydrogens is 220 g/mol. The van der Waals surface area contributed by atoms with Crippen LogP contribution in [0.5, 0.6) is 0 Å². The number of esters is 1. The Morgan fingerprint density at radius 3 is 2.59 bits per heavy atom. The van der Waals surface area contributed by atoms with Gasteiger partial charge in [0.05, 0.1) is 17.6 Å². The average Bonchev–Trinajstić information content (AvgIpc) is 2.72. The van der Waals surface area contributed by atoms with E-state index in [1.165, 1.54) is 0 Å². The van der Waals surface area contributed by atoms with Gasteiger partial charge in [-0.3, -0.25) is 4.79 Å². The second-order valence-corrected chi connectivity index (χ2v) is 5.80. The Hall–Kier alpha value is -0.870. The monoisotopic (exact) mass is 240 g/mol. The van der Waals surface area contributed by atoms with Gasteiger partial charge >= 0.3 is 5.97 Å². The highest BCUT2D eigenvalue weighted by Gasteiger charge is 2.47. The molecule has 2 rings (SSSR count). The van der Waals surface area contributed by atoms with E-state index in [2.05, 4.69) is 0 Å². The Morgan fingerprint density at radius 2 is 2.12 bits per heavy atom. The van der Waals surface area contributed by atoms with E-state index in [-0.39, 0.29) is 36.1 Å². The number of carbonyl (C=O) groups excluding carboxylic acids is 1. The van der Waals surface area contributed by atoms with Crippen molar-refractivity contribution < 1.29 is 19.4 Å². The average molecular weight is 240 g/mol. The third-order valence-electron chi connectivity index (χ3n) is 3.40. The van der Waals surface area contributed by atoms with Crippen molar-refractivity contribution in [3.8, 4) is 0 Å². The Labute approximate surface area is 102 Å². The Kier molecular flexibility index (Phi) is 3.27. The molecule has 0 amide bonds. The molecule has 1 fully saturated rings. The molecule has 4 heteroatoms. The molecule has 4 unspecified atom stereocenters. The van der Waals surface area contributed by atoms with Crippen molar-refractivity contribution in [1.29, 1.82) is 0 Å². The van der Waals surface area contributed by atoms with Crippen molar-refractivity contribution in [2.24, 2.45) is 17.8 Å². The van der Waals surface area contributed by atoms with E-state index in [9.17, 15) is 9.90 Å². The lowest BCUT2D eigenvalue weighted by Crippen LogP contribution is -2.27. The molecule has 0 aromatic carbocycles. The van der Waals surface area contributed by atoms with E-state index in [0.29, 0.717) is 6.42 Å². The van der Waals surface area contributed by atoms with Crippen LogP contribution in [0.15, 0.2) is 12.2 Å². The lowest BCUT2D eigenvalue weighted by Gasteiger charge is -2.21. The summed E-state index contributed by atoms with van der Waals surface area (Å²) in [7, 11) is 0. The largest absolute Gasteiger partial charge is 0.438 e. The molecule has 96 valence electrons. The fourth-order valence-electron chi connectivity index (χ4n) is 2.45. The molecule has 0 radical (unpaired) electrons. The van der Waals surface area contributed by atoms with Crippen molar-refractivity contribution in [2.45, 2.75) is 38.9 Å². The van der Waals surface area contributed by atoms with Crippen LogP contribution in [0.25, 0.3) is 0 Å². The van der Waals surface area contributed by atoms with Crippen molar-refractivity contribution in [2.75, 3.05) is 6.79 Å². The van der Waals surface area contributed by atoms with Crippen LogP contribution in [-0.2, 0) is 14.3 Å². The van der Waals surface area contributed by atoms with Crippen molar-refractivity contribution in [3.63, 3.8) is 0 Å². The first-order valence-corrected chi connectivity index (χ1v) is 6.05. The first kappa shape index (κ1) is 12.6. The molecule has 2 aliphatic rings. The quantitative estimate of drug-likeness (QED) is 0.461. The van der Waals surface area contributed by atoms with Crippen LogP contribution in [0, 0.1) is 17.8 Å². The van der Waals surface area contributed by atoms with Gasteiger partial charge < -0.3 is 14.6 Å². The smallest absolute Gasteiger partial charge is 0.311 e. The second kappa shape index (κ2) is 4.42. The molecule has 0 heterocycles. The molecule has 0 aliphatic heterocycles. The standard InChI is InChI=1S/C13H20O4/c1-13(2,3)17-7-16-12(15)10-6-8-4-5-9(10)11(8)14/h4-5,8-11,14H,6-7H2,1-3H3. The molecular formula is C13H20O4. The topological polar surface area (TPSA) is 55.8 Å². The summed E-state index contributed by atoms with van der Waals surface area (Å²) >= 11 is 0. The zero-order chi connectivity index (χ0) is 12.6. The number of rotatable bonds is 3. The van der Waals surface area contributed by atoms with Gasteiger partial charge in [-0.15, -0.1) is 0 Å². The van der Waals surface area contributed by atoms with E-state index < -0.39 is 6.10 Å². The van der Waals surface area contributed by atoms with Gasteiger partial charge in [0.1, 0.15) is 0 Å². The Balaban J connectivity index is 1.80. The van der Waals surface area contributed by atoms with Gasteiger partial charge in [-0.25, -0.2) is 0 Å². The fraction of sp³-hybridized carbons (Fsp3) is 0.769. The van der Waals surface area contributed by atoms with Gasteiger partial charge in [-0.1, -0.05) is 12.2 Å². The highest BCUT2D eigenvalue weighted by Crippen LogP contribution is 2.44. The molecule has 0 spiro atoms. The van der Waals surface area contributed by atoms with Crippen LogP contribution >= 0.6 is 0 Å². The molecule has 4 nitrogen and oxygen atoms in total. The third kappa shape index (κ3) is 2.69. The van der Waals surface area contributed by atoms with E-state index in [1.807, 2.05) is 32.9 Å². The van der Waals surface area contributed by atoms with E-state index >= 15 is 0 Å². The predicted molar refractivity (Wildman–Crippen MR) is 62.0 cm³/mol. The maximum absolute atomic E-state index is 11.8. The summed E-state index contributed by atoms with van der Waals surface area (Å²) in [5, 5.41) is 9.80. The van der Waals surface area contributed by atoms with E-state index in [0.717, 1.165) is 0 Å². The number of aliphatic hydroxyl groups is 1. The molecule has 0 aromatic heterocycles. The molecule has 4 atom stereocenters. The van der Waals surface area contributed by atoms with Gasteiger partial charge in [-0.05, 0) is 27.2 Å².